The van der Waals surface area contributed by atoms with Crippen molar-refractivity contribution in [3.8, 4) is 5.75 Å². The molecule has 1 aliphatic heterocycles. The second-order valence-corrected chi connectivity index (χ2v) is 9.62. The number of hydrogen-bond acceptors (Lipinski definition) is 6. The maximum Gasteiger partial charge on any atom is 0.247 e. The number of nitrogens with zero attached hydrogens (tertiary/aromatic N) is 4. The van der Waals surface area contributed by atoms with E-state index < -0.39 is 6.04 Å². The zero-order valence-corrected chi connectivity index (χ0v) is 22.0. The summed E-state index contributed by atoms with van der Waals surface area (Å²) in [6.07, 6.45) is 2.45. The van der Waals surface area contributed by atoms with E-state index >= 15 is 0 Å². The lowest BCUT2D eigenvalue weighted by Gasteiger charge is -2.32. The maximum atomic E-state index is 14.0. The van der Waals surface area contributed by atoms with E-state index in [9.17, 15) is 9.59 Å². The van der Waals surface area contributed by atoms with Crippen molar-refractivity contribution in [2.45, 2.75) is 38.0 Å². The van der Waals surface area contributed by atoms with Crippen molar-refractivity contribution in [3.63, 3.8) is 0 Å². The molecule has 3 aromatic carbocycles. The van der Waals surface area contributed by atoms with E-state index in [0.29, 0.717) is 42.9 Å². The molecule has 0 bridgehead atoms. The molecule has 2 amide bonds. The molecule has 0 saturated carbocycles. The molecular weight excluding hydrogens is 494 g/mol. The van der Waals surface area contributed by atoms with Gasteiger partial charge in [0.15, 0.2) is 0 Å². The number of rotatable bonds is 11. The van der Waals surface area contributed by atoms with Gasteiger partial charge < -0.3 is 19.7 Å². The summed E-state index contributed by atoms with van der Waals surface area (Å²) in [5.74, 6) is 0.118. The lowest BCUT2D eigenvalue weighted by Crippen LogP contribution is -2.47. The van der Waals surface area contributed by atoms with Crippen molar-refractivity contribution in [3.05, 3.63) is 90.0 Å². The number of benzene rings is 3. The molecule has 0 radical (unpaired) electrons. The Morgan fingerprint density at radius 3 is 2.72 bits per heavy atom. The van der Waals surface area contributed by atoms with Crippen LogP contribution in [0.15, 0.2) is 78.9 Å². The van der Waals surface area contributed by atoms with E-state index in [-0.39, 0.29) is 24.5 Å². The van der Waals surface area contributed by atoms with Gasteiger partial charge in [0, 0.05) is 19.7 Å². The van der Waals surface area contributed by atoms with E-state index in [4.69, 9.17) is 9.47 Å². The number of amides is 2. The largest absolute Gasteiger partial charge is 0.497 e. The van der Waals surface area contributed by atoms with Crippen LogP contribution in [-0.2, 0) is 27.3 Å². The highest BCUT2D eigenvalue weighted by molar-refractivity contribution is 5.89. The van der Waals surface area contributed by atoms with Gasteiger partial charge in [-0.25, -0.2) is 4.68 Å². The molecular formula is C30H33N5O4. The van der Waals surface area contributed by atoms with Gasteiger partial charge in [-0.05, 0) is 54.7 Å². The van der Waals surface area contributed by atoms with Crippen LogP contribution in [0.4, 0.5) is 0 Å². The predicted octanol–water partition coefficient (Wildman–Crippen LogP) is 3.55. The SMILES string of the molecule is COc1cccc([C@@H](C(=O)NC[C@H]2CCCO2)N(CCc2ccccc2)C(=O)Cn2nnc3ccccc32)c1. The van der Waals surface area contributed by atoms with Crippen molar-refractivity contribution in [2.75, 3.05) is 26.8 Å². The Hall–Kier alpha value is -4.24. The molecule has 1 N–H and O–H groups in total. The number of carbonyl (C=O) groups is 2. The number of nitrogens with one attached hydrogen (secondary N) is 1. The van der Waals surface area contributed by atoms with Crippen LogP contribution in [0.1, 0.15) is 30.0 Å². The van der Waals surface area contributed by atoms with E-state index in [2.05, 4.69) is 15.6 Å². The summed E-state index contributed by atoms with van der Waals surface area (Å²) in [6, 6.07) is 23.9. The van der Waals surface area contributed by atoms with Crippen molar-refractivity contribution < 1.29 is 19.1 Å². The van der Waals surface area contributed by atoms with Crippen molar-refractivity contribution >= 4 is 22.8 Å². The van der Waals surface area contributed by atoms with Gasteiger partial charge in [-0.2, -0.15) is 0 Å². The first-order chi connectivity index (χ1) is 19.1. The first-order valence-corrected chi connectivity index (χ1v) is 13.3. The third-order valence-corrected chi connectivity index (χ3v) is 7.01. The van der Waals surface area contributed by atoms with E-state index in [0.717, 1.165) is 23.9 Å². The van der Waals surface area contributed by atoms with Gasteiger partial charge in [0.1, 0.15) is 23.9 Å². The number of methoxy groups -OCH3 is 1. The van der Waals surface area contributed by atoms with Crippen LogP contribution in [0.5, 0.6) is 5.75 Å². The lowest BCUT2D eigenvalue weighted by molar-refractivity contribution is -0.141. The smallest absolute Gasteiger partial charge is 0.247 e. The Kier molecular flexibility index (Phi) is 8.48. The summed E-state index contributed by atoms with van der Waals surface area (Å²) >= 11 is 0. The molecule has 9 heteroatoms. The molecule has 1 saturated heterocycles. The Labute approximate surface area is 227 Å². The number of carbonyl (C=O) groups excluding carboxylic acids is 2. The summed E-state index contributed by atoms with van der Waals surface area (Å²) in [6.45, 7) is 1.39. The van der Waals surface area contributed by atoms with E-state index in [1.165, 1.54) is 0 Å². The summed E-state index contributed by atoms with van der Waals surface area (Å²) in [7, 11) is 1.58. The minimum atomic E-state index is -0.868. The molecule has 0 unspecified atom stereocenters. The monoisotopic (exact) mass is 527 g/mol. The number of hydrogen-bond donors (Lipinski definition) is 1. The zero-order valence-electron chi connectivity index (χ0n) is 22.0. The molecule has 2 heterocycles. The Morgan fingerprint density at radius 1 is 1.10 bits per heavy atom. The minimum absolute atomic E-state index is 0.0186. The Balaban J connectivity index is 1.47. The summed E-state index contributed by atoms with van der Waals surface area (Å²) in [4.78, 5) is 29.5. The average molecular weight is 528 g/mol. The molecule has 0 spiro atoms. The molecule has 1 aliphatic rings. The van der Waals surface area contributed by atoms with Crippen LogP contribution in [0, 0.1) is 0 Å². The molecule has 1 aromatic heterocycles. The van der Waals surface area contributed by atoms with Crippen LogP contribution >= 0.6 is 0 Å². The number of ether oxygens (including phenoxy) is 2. The van der Waals surface area contributed by atoms with Crippen molar-refractivity contribution in [1.82, 2.24) is 25.2 Å². The highest BCUT2D eigenvalue weighted by Crippen LogP contribution is 2.26. The van der Waals surface area contributed by atoms with Gasteiger partial charge in [0.2, 0.25) is 11.8 Å². The van der Waals surface area contributed by atoms with Crippen LogP contribution in [0.3, 0.4) is 0 Å². The molecule has 0 aliphatic carbocycles. The average Bonchev–Trinajstić information content (AvgIpc) is 3.65. The first kappa shape index (κ1) is 26.4. The molecule has 5 rings (SSSR count). The zero-order chi connectivity index (χ0) is 27.0. The fourth-order valence-corrected chi connectivity index (χ4v) is 4.95. The summed E-state index contributed by atoms with van der Waals surface area (Å²) in [5.41, 5.74) is 3.21. The third-order valence-electron chi connectivity index (χ3n) is 7.01. The molecule has 202 valence electrons. The molecule has 2 atom stereocenters. The van der Waals surface area contributed by atoms with Crippen LogP contribution < -0.4 is 10.1 Å². The van der Waals surface area contributed by atoms with E-state index in [1.54, 1.807) is 16.7 Å². The van der Waals surface area contributed by atoms with Gasteiger partial charge >= 0.3 is 0 Å². The summed E-state index contributed by atoms with van der Waals surface area (Å²) in [5, 5.41) is 11.5. The second-order valence-electron chi connectivity index (χ2n) is 9.62. The first-order valence-electron chi connectivity index (χ1n) is 13.3. The molecule has 4 aromatic rings. The number of aromatic nitrogens is 3. The van der Waals surface area contributed by atoms with Gasteiger partial charge in [0.25, 0.3) is 0 Å². The van der Waals surface area contributed by atoms with Crippen LogP contribution in [0.2, 0.25) is 0 Å². The fourth-order valence-electron chi connectivity index (χ4n) is 4.95. The standard InChI is InChI=1S/C30H33N5O4/c1-38-24-12-7-11-23(19-24)29(30(37)31-20-25-13-8-18-39-25)34(17-16-22-9-3-2-4-10-22)28(36)21-35-27-15-6-5-14-26(27)32-33-35/h2-7,9-12,14-15,19,25,29H,8,13,16-18,20-21H2,1H3,(H,31,37)/t25-,29+/m1/s1. The number of fused-ring (bicyclic) bond motifs is 1. The third kappa shape index (κ3) is 6.43. The Morgan fingerprint density at radius 2 is 1.92 bits per heavy atom. The van der Waals surface area contributed by atoms with E-state index in [1.807, 2.05) is 78.9 Å². The number of para-hydroxylation sites is 1. The molecule has 1 fully saturated rings. The summed E-state index contributed by atoms with van der Waals surface area (Å²) < 4.78 is 12.8. The van der Waals surface area contributed by atoms with Gasteiger partial charge in [-0.15, -0.1) is 5.10 Å². The molecule has 9 nitrogen and oxygen atoms in total. The minimum Gasteiger partial charge on any atom is -0.497 e. The van der Waals surface area contributed by atoms with Crippen molar-refractivity contribution in [1.29, 1.82) is 0 Å². The fraction of sp³-hybridized carbons (Fsp3) is 0.333. The second kappa shape index (κ2) is 12.5. The Bertz CT molecular complexity index is 1400. The van der Waals surface area contributed by atoms with Crippen molar-refractivity contribution in [2.24, 2.45) is 0 Å². The highest BCUT2D eigenvalue weighted by Gasteiger charge is 2.32. The van der Waals surface area contributed by atoms with Gasteiger partial charge in [-0.1, -0.05) is 59.8 Å². The highest BCUT2D eigenvalue weighted by atomic mass is 16.5. The lowest BCUT2D eigenvalue weighted by atomic mass is 10.0. The predicted molar refractivity (Wildman–Crippen MR) is 147 cm³/mol. The van der Waals surface area contributed by atoms with Crippen LogP contribution in [0.25, 0.3) is 11.0 Å². The van der Waals surface area contributed by atoms with Crippen LogP contribution in [-0.4, -0.2) is 64.6 Å². The quantitative estimate of drug-likeness (QED) is 0.320. The van der Waals surface area contributed by atoms with Gasteiger partial charge in [-0.3, -0.25) is 9.59 Å². The topological polar surface area (TPSA) is 98.6 Å². The maximum absolute atomic E-state index is 14.0. The normalized spacial score (nSPS) is 15.7. The molecule has 39 heavy (non-hydrogen) atoms. The van der Waals surface area contributed by atoms with Gasteiger partial charge in [0.05, 0.1) is 18.7 Å².